The third-order valence-electron chi connectivity index (χ3n) is 3.74. The van der Waals surface area contributed by atoms with Gasteiger partial charge in [-0.3, -0.25) is 0 Å². The summed E-state index contributed by atoms with van der Waals surface area (Å²) in [6.45, 7) is 7.46. The highest BCUT2D eigenvalue weighted by Gasteiger charge is 2.30. The zero-order chi connectivity index (χ0) is 14.6. The molecule has 2 heterocycles. The molecule has 0 atom stereocenters. The maximum absolute atomic E-state index is 12.5. The van der Waals surface area contributed by atoms with Crippen molar-refractivity contribution in [2.45, 2.75) is 37.3 Å². The smallest absolute Gasteiger partial charge is 0.252 e. The highest BCUT2D eigenvalue weighted by Crippen LogP contribution is 2.27. The van der Waals surface area contributed by atoms with Crippen molar-refractivity contribution in [1.82, 2.24) is 9.62 Å². The van der Waals surface area contributed by atoms with Crippen LogP contribution in [-0.4, -0.2) is 38.9 Å². The summed E-state index contributed by atoms with van der Waals surface area (Å²) < 4.78 is 27.1. The van der Waals surface area contributed by atoms with Crippen molar-refractivity contribution in [1.29, 1.82) is 0 Å². The van der Waals surface area contributed by atoms with Gasteiger partial charge in [0.05, 0.1) is 0 Å². The summed E-state index contributed by atoms with van der Waals surface area (Å²) in [4.78, 5) is 1.04. The zero-order valence-electron chi connectivity index (χ0n) is 12.3. The number of piperidine rings is 1. The Labute approximate surface area is 126 Å². The van der Waals surface area contributed by atoms with E-state index in [9.17, 15) is 8.42 Å². The van der Waals surface area contributed by atoms with Crippen LogP contribution in [-0.2, 0) is 10.0 Å². The Morgan fingerprint density at radius 1 is 1.35 bits per heavy atom. The normalized spacial score (nSPS) is 18.5. The summed E-state index contributed by atoms with van der Waals surface area (Å²) >= 11 is 1.36. The number of nitrogens with zero attached hydrogens (tertiary/aromatic N) is 1. The Bertz CT molecular complexity index is 517. The number of nitrogens with one attached hydrogen (secondary N) is 1. The topological polar surface area (TPSA) is 49.4 Å². The molecule has 1 N–H and O–H groups in total. The highest BCUT2D eigenvalue weighted by molar-refractivity contribution is 7.91. The number of hydrogen-bond acceptors (Lipinski definition) is 4. The first-order valence-corrected chi connectivity index (χ1v) is 9.57. The van der Waals surface area contributed by atoms with E-state index in [1.165, 1.54) is 11.3 Å². The molecule has 0 unspecified atom stereocenters. The zero-order valence-corrected chi connectivity index (χ0v) is 13.9. The van der Waals surface area contributed by atoms with E-state index in [1.807, 2.05) is 13.0 Å². The molecule has 0 spiro atoms. The minimum Gasteiger partial charge on any atom is -0.316 e. The predicted molar refractivity (Wildman–Crippen MR) is 83.7 cm³/mol. The molecule has 0 aliphatic carbocycles. The van der Waals surface area contributed by atoms with Gasteiger partial charge in [-0.1, -0.05) is 6.92 Å². The van der Waals surface area contributed by atoms with E-state index in [4.69, 9.17) is 0 Å². The molecule has 1 aromatic rings. The fourth-order valence-electron chi connectivity index (χ4n) is 2.51. The molecule has 4 nitrogen and oxygen atoms in total. The highest BCUT2D eigenvalue weighted by atomic mass is 32.2. The van der Waals surface area contributed by atoms with Crippen LogP contribution >= 0.6 is 11.3 Å². The Morgan fingerprint density at radius 2 is 2.05 bits per heavy atom. The molecular weight excluding hydrogens is 292 g/mol. The summed E-state index contributed by atoms with van der Waals surface area (Å²) in [5.74, 6) is 0.609. The number of aryl methyl sites for hydroxylation is 1. The molecule has 1 fully saturated rings. The van der Waals surface area contributed by atoms with Crippen LogP contribution in [0.2, 0.25) is 0 Å². The van der Waals surface area contributed by atoms with E-state index in [2.05, 4.69) is 12.2 Å². The van der Waals surface area contributed by atoms with Gasteiger partial charge < -0.3 is 5.32 Å². The van der Waals surface area contributed by atoms with Crippen LogP contribution < -0.4 is 5.32 Å². The van der Waals surface area contributed by atoms with Crippen molar-refractivity contribution >= 4 is 21.4 Å². The van der Waals surface area contributed by atoms with E-state index < -0.39 is 10.0 Å². The van der Waals surface area contributed by atoms with E-state index in [1.54, 1.807) is 10.4 Å². The summed E-state index contributed by atoms with van der Waals surface area (Å²) in [6.07, 6.45) is 3.06. The molecule has 6 heteroatoms. The van der Waals surface area contributed by atoms with Crippen molar-refractivity contribution in [2.24, 2.45) is 5.92 Å². The van der Waals surface area contributed by atoms with E-state index in [0.717, 1.165) is 37.2 Å². The molecule has 1 saturated heterocycles. The van der Waals surface area contributed by atoms with Gasteiger partial charge in [0.25, 0.3) is 10.0 Å². The van der Waals surface area contributed by atoms with Gasteiger partial charge in [0.15, 0.2) is 0 Å². The minimum atomic E-state index is -3.26. The number of hydrogen-bond donors (Lipinski definition) is 1. The Balaban J connectivity index is 1.90. The van der Waals surface area contributed by atoms with Crippen molar-refractivity contribution in [2.75, 3.05) is 26.2 Å². The Morgan fingerprint density at radius 3 is 2.60 bits per heavy atom. The summed E-state index contributed by atoms with van der Waals surface area (Å²) in [6, 6.07) is 3.60. The summed E-state index contributed by atoms with van der Waals surface area (Å²) in [5.41, 5.74) is 0. The van der Waals surface area contributed by atoms with Gasteiger partial charge in [-0.2, -0.15) is 4.31 Å². The van der Waals surface area contributed by atoms with Crippen LogP contribution in [0.3, 0.4) is 0 Å². The quantitative estimate of drug-likeness (QED) is 0.820. The van der Waals surface area contributed by atoms with Crippen LogP contribution in [0.1, 0.15) is 31.1 Å². The van der Waals surface area contributed by atoms with Crippen LogP contribution in [0, 0.1) is 12.8 Å². The first kappa shape index (κ1) is 15.9. The average molecular weight is 316 g/mol. The monoisotopic (exact) mass is 316 g/mol. The number of thiophene rings is 1. The molecular formula is C14H24N2O2S2. The van der Waals surface area contributed by atoms with E-state index >= 15 is 0 Å². The lowest BCUT2D eigenvalue weighted by Gasteiger charge is -2.30. The van der Waals surface area contributed by atoms with Crippen LogP contribution in [0.15, 0.2) is 16.3 Å². The lowest BCUT2D eigenvalue weighted by Crippen LogP contribution is -2.40. The first-order valence-electron chi connectivity index (χ1n) is 7.31. The SMILES string of the molecule is CCCNCC1CCN(S(=O)(=O)c2ccc(C)s2)CC1. The molecule has 0 saturated carbocycles. The van der Waals surface area contributed by atoms with Gasteiger partial charge in [-0.05, 0) is 57.3 Å². The standard InChI is InChI=1S/C14H24N2O2S2/c1-3-8-15-11-13-6-9-16(10-7-13)20(17,18)14-5-4-12(2)19-14/h4-5,13,15H,3,6-11H2,1-2H3. The molecule has 0 amide bonds. The van der Waals surface area contributed by atoms with E-state index in [-0.39, 0.29) is 0 Å². The fourth-order valence-corrected chi connectivity index (χ4v) is 5.42. The average Bonchev–Trinajstić information content (AvgIpc) is 2.87. The van der Waals surface area contributed by atoms with Crippen molar-refractivity contribution in [3.63, 3.8) is 0 Å². The maximum Gasteiger partial charge on any atom is 0.252 e. The lowest BCUT2D eigenvalue weighted by molar-refractivity contribution is 0.268. The van der Waals surface area contributed by atoms with Crippen molar-refractivity contribution < 1.29 is 8.42 Å². The van der Waals surface area contributed by atoms with E-state index in [0.29, 0.717) is 23.2 Å². The molecule has 1 aliphatic heterocycles. The van der Waals surface area contributed by atoms with Gasteiger partial charge >= 0.3 is 0 Å². The minimum absolute atomic E-state index is 0.484. The second-order valence-electron chi connectivity index (χ2n) is 5.42. The summed E-state index contributed by atoms with van der Waals surface area (Å²) in [7, 11) is -3.26. The lowest BCUT2D eigenvalue weighted by atomic mass is 9.98. The van der Waals surface area contributed by atoms with Gasteiger partial charge in [0.1, 0.15) is 4.21 Å². The van der Waals surface area contributed by atoms with Crippen LogP contribution in [0.25, 0.3) is 0 Å². The van der Waals surface area contributed by atoms with Crippen LogP contribution in [0.4, 0.5) is 0 Å². The second kappa shape index (κ2) is 7.02. The Kier molecular flexibility index (Phi) is 5.60. The third-order valence-corrected chi connectivity index (χ3v) is 7.11. The fraction of sp³-hybridized carbons (Fsp3) is 0.714. The molecule has 114 valence electrons. The van der Waals surface area contributed by atoms with Gasteiger partial charge in [0, 0.05) is 18.0 Å². The molecule has 2 rings (SSSR count). The van der Waals surface area contributed by atoms with Gasteiger partial charge in [-0.15, -0.1) is 11.3 Å². The molecule has 0 aromatic carbocycles. The number of sulfonamides is 1. The predicted octanol–water partition coefficient (Wildman–Crippen LogP) is 2.46. The molecule has 0 bridgehead atoms. The Hall–Kier alpha value is -0.430. The van der Waals surface area contributed by atoms with Gasteiger partial charge in [0.2, 0.25) is 0 Å². The molecule has 0 radical (unpaired) electrons. The van der Waals surface area contributed by atoms with Crippen molar-refractivity contribution in [3.05, 3.63) is 17.0 Å². The summed E-state index contributed by atoms with van der Waals surface area (Å²) in [5, 5.41) is 3.43. The number of rotatable bonds is 6. The first-order chi connectivity index (χ1) is 9.54. The van der Waals surface area contributed by atoms with Crippen molar-refractivity contribution in [3.8, 4) is 0 Å². The molecule has 20 heavy (non-hydrogen) atoms. The maximum atomic E-state index is 12.5. The molecule has 1 aromatic heterocycles. The third kappa shape index (κ3) is 3.81. The van der Waals surface area contributed by atoms with Crippen LogP contribution in [0.5, 0.6) is 0 Å². The second-order valence-corrected chi connectivity index (χ2v) is 8.87. The van der Waals surface area contributed by atoms with Gasteiger partial charge in [-0.25, -0.2) is 8.42 Å². The molecule has 1 aliphatic rings. The largest absolute Gasteiger partial charge is 0.316 e.